The van der Waals surface area contributed by atoms with Gasteiger partial charge in [-0.15, -0.1) is 0 Å². The summed E-state index contributed by atoms with van der Waals surface area (Å²) in [5, 5.41) is 24.6. The van der Waals surface area contributed by atoms with Crippen LogP contribution < -0.4 is 27.8 Å². The van der Waals surface area contributed by atoms with E-state index in [-0.39, 0.29) is 38.3 Å². The number of amides is 3. The maximum Gasteiger partial charge on any atom is 0.326 e. The number of carboxylic acids is 1. The lowest BCUT2D eigenvalue weighted by Gasteiger charge is -2.30. The van der Waals surface area contributed by atoms with Crippen LogP contribution in [0.2, 0.25) is 0 Å². The van der Waals surface area contributed by atoms with E-state index in [1.165, 1.54) is 19.4 Å². The van der Waals surface area contributed by atoms with Crippen LogP contribution in [0, 0.1) is 0 Å². The fourth-order valence-electron chi connectivity index (χ4n) is 3.89. The van der Waals surface area contributed by atoms with Crippen LogP contribution in [0.1, 0.15) is 38.3 Å². The van der Waals surface area contributed by atoms with Gasteiger partial charge >= 0.3 is 5.97 Å². The normalized spacial score (nSPS) is 18.5. The Morgan fingerprint density at radius 2 is 2.00 bits per heavy atom. The van der Waals surface area contributed by atoms with Gasteiger partial charge < -0.3 is 47.9 Å². The minimum absolute atomic E-state index is 0.104. The van der Waals surface area contributed by atoms with Gasteiger partial charge in [-0.1, -0.05) is 0 Å². The number of carboxylic acid groups (broad SMARTS) is 1. The summed E-state index contributed by atoms with van der Waals surface area (Å²) in [6, 6.07) is -4.56. The number of imidazole rings is 1. The van der Waals surface area contributed by atoms with Gasteiger partial charge in [0.15, 0.2) is 5.96 Å². The number of H-pyrrole nitrogens is 1. The molecule has 1 aromatic rings. The fraction of sp³-hybridized carbons (Fsp3) is 0.619. The summed E-state index contributed by atoms with van der Waals surface area (Å²) in [5.41, 5.74) is 17.2. The number of aliphatic carboxylic acids is 1. The zero-order valence-corrected chi connectivity index (χ0v) is 20.1. The highest BCUT2D eigenvalue weighted by Gasteiger charge is 2.40. The summed E-state index contributed by atoms with van der Waals surface area (Å²) in [6.07, 6.45) is 2.97. The third-order valence-corrected chi connectivity index (χ3v) is 5.78. The van der Waals surface area contributed by atoms with E-state index in [4.69, 9.17) is 17.2 Å². The van der Waals surface area contributed by atoms with Crippen LogP contribution in [-0.4, -0.2) is 98.1 Å². The average Bonchev–Trinajstić information content (AvgIpc) is 3.50. The topological polar surface area (TPSA) is 255 Å². The predicted molar refractivity (Wildman–Crippen MR) is 128 cm³/mol. The van der Waals surface area contributed by atoms with Crippen LogP contribution in [0.3, 0.4) is 0 Å². The number of aromatic nitrogens is 2. The molecule has 15 heteroatoms. The van der Waals surface area contributed by atoms with Crippen LogP contribution in [-0.2, 0) is 25.6 Å². The van der Waals surface area contributed by atoms with E-state index in [1.807, 2.05) is 0 Å². The molecule has 11 N–H and O–H groups in total. The van der Waals surface area contributed by atoms with Crippen LogP contribution in [0.5, 0.6) is 0 Å². The molecule has 36 heavy (non-hydrogen) atoms. The molecule has 1 aliphatic heterocycles. The van der Waals surface area contributed by atoms with Gasteiger partial charge in [-0.05, 0) is 32.6 Å². The molecular weight excluding hydrogens is 474 g/mol. The number of likely N-dealkylation sites (tertiary alicyclic amines) is 1. The third-order valence-electron chi connectivity index (χ3n) is 5.78. The highest BCUT2D eigenvalue weighted by molar-refractivity contribution is 5.94. The maximum atomic E-state index is 13.1. The Hall–Kier alpha value is -3.72. The lowest BCUT2D eigenvalue weighted by atomic mass is 10.1. The predicted octanol–water partition coefficient (Wildman–Crippen LogP) is -3.24. The second-order valence-electron chi connectivity index (χ2n) is 8.65. The van der Waals surface area contributed by atoms with Crippen molar-refractivity contribution in [2.75, 3.05) is 13.1 Å². The molecular formula is C21H35N9O6. The second-order valence-corrected chi connectivity index (χ2v) is 8.65. The number of nitrogens with zero attached hydrogens (tertiary/aromatic N) is 3. The molecule has 1 aliphatic rings. The quantitative estimate of drug-likeness (QED) is 0.0748. The summed E-state index contributed by atoms with van der Waals surface area (Å²) in [6.45, 7) is 1.69. The minimum atomic E-state index is -1.41. The Bertz CT molecular complexity index is 932. The molecule has 0 aromatic carbocycles. The smallest absolute Gasteiger partial charge is 0.326 e. The molecule has 0 aliphatic carbocycles. The van der Waals surface area contributed by atoms with E-state index in [0.717, 1.165) is 4.90 Å². The van der Waals surface area contributed by atoms with E-state index < -0.39 is 54.0 Å². The van der Waals surface area contributed by atoms with Crippen molar-refractivity contribution in [3.8, 4) is 0 Å². The molecule has 1 saturated heterocycles. The minimum Gasteiger partial charge on any atom is -0.480 e. The molecule has 5 unspecified atom stereocenters. The monoisotopic (exact) mass is 509 g/mol. The first-order chi connectivity index (χ1) is 17.0. The van der Waals surface area contributed by atoms with E-state index in [9.17, 15) is 29.4 Å². The molecule has 2 rings (SSSR count). The molecule has 2 heterocycles. The number of aliphatic hydroxyl groups excluding tert-OH is 1. The molecule has 0 spiro atoms. The summed E-state index contributed by atoms with van der Waals surface area (Å²) < 4.78 is 0. The molecule has 0 bridgehead atoms. The van der Waals surface area contributed by atoms with Crippen LogP contribution in [0.25, 0.3) is 0 Å². The Kier molecular flexibility index (Phi) is 10.6. The molecule has 3 amide bonds. The van der Waals surface area contributed by atoms with Crippen LogP contribution >= 0.6 is 0 Å². The van der Waals surface area contributed by atoms with Crippen molar-refractivity contribution < 1.29 is 29.4 Å². The van der Waals surface area contributed by atoms with Crippen LogP contribution in [0.4, 0.5) is 0 Å². The number of nitrogens with one attached hydrogen (secondary N) is 3. The number of hydrogen-bond donors (Lipinski definition) is 8. The number of aromatic amines is 1. The molecule has 0 radical (unpaired) electrons. The highest BCUT2D eigenvalue weighted by atomic mass is 16.4. The molecule has 200 valence electrons. The lowest BCUT2D eigenvalue weighted by molar-refractivity contribution is -0.150. The SMILES string of the molecule is CC(O)C(NC(=O)C(CCCN=C(N)N)NC(=O)C(N)Cc1cnc[nH]1)C(=O)N1CCCC1C(=O)O. The van der Waals surface area contributed by atoms with Crippen molar-refractivity contribution in [3.05, 3.63) is 18.2 Å². The fourth-order valence-corrected chi connectivity index (χ4v) is 3.89. The van der Waals surface area contributed by atoms with Crippen molar-refractivity contribution in [2.45, 2.75) is 69.3 Å². The summed E-state index contributed by atoms with van der Waals surface area (Å²) in [7, 11) is 0. The first-order valence-electron chi connectivity index (χ1n) is 11.6. The van der Waals surface area contributed by atoms with E-state index in [2.05, 4.69) is 25.6 Å². The number of carbonyl (C=O) groups excluding carboxylic acids is 3. The van der Waals surface area contributed by atoms with Crippen molar-refractivity contribution >= 4 is 29.7 Å². The summed E-state index contributed by atoms with van der Waals surface area (Å²) in [5.74, 6) is -3.36. The van der Waals surface area contributed by atoms with Gasteiger partial charge in [0.05, 0.1) is 18.5 Å². The lowest BCUT2D eigenvalue weighted by Crippen LogP contribution is -2.60. The van der Waals surface area contributed by atoms with Gasteiger partial charge in [-0.3, -0.25) is 19.4 Å². The van der Waals surface area contributed by atoms with Crippen LogP contribution in [0.15, 0.2) is 17.5 Å². The van der Waals surface area contributed by atoms with E-state index in [0.29, 0.717) is 18.5 Å². The largest absolute Gasteiger partial charge is 0.480 e. The average molecular weight is 510 g/mol. The molecule has 1 aromatic heterocycles. The van der Waals surface area contributed by atoms with Gasteiger partial charge in [0.25, 0.3) is 0 Å². The van der Waals surface area contributed by atoms with Crippen molar-refractivity contribution in [2.24, 2.45) is 22.2 Å². The van der Waals surface area contributed by atoms with Gasteiger partial charge in [0, 0.05) is 31.4 Å². The highest BCUT2D eigenvalue weighted by Crippen LogP contribution is 2.19. The van der Waals surface area contributed by atoms with E-state index >= 15 is 0 Å². The van der Waals surface area contributed by atoms with Gasteiger partial charge in [0.2, 0.25) is 17.7 Å². The summed E-state index contributed by atoms with van der Waals surface area (Å²) >= 11 is 0. The number of guanidine groups is 1. The summed E-state index contributed by atoms with van der Waals surface area (Å²) in [4.78, 5) is 62.0. The zero-order valence-electron chi connectivity index (χ0n) is 20.1. The number of rotatable bonds is 13. The van der Waals surface area contributed by atoms with E-state index in [1.54, 1.807) is 0 Å². The Morgan fingerprint density at radius 1 is 1.28 bits per heavy atom. The molecule has 0 saturated carbocycles. The van der Waals surface area contributed by atoms with Crippen molar-refractivity contribution in [1.82, 2.24) is 25.5 Å². The standard InChI is InChI=1S/C21H35N9O6/c1-11(31)16(19(34)30-7-3-5-15(30)20(35)36)29-18(33)14(4-2-6-26-21(23)24)28-17(32)13(22)8-12-9-25-10-27-12/h9-11,13-16,31H,2-8,22H2,1H3,(H,25,27)(H,28,32)(H,29,33)(H,35,36)(H4,23,24,26). The molecule has 1 fully saturated rings. The van der Waals surface area contributed by atoms with Crippen molar-refractivity contribution in [3.63, 3.8) is 0 Å². The number of aliphatic hydroxyl groups is 1. The third kappa shape index (κ3) is 8.20. The number of aliphatic imine (C=N–C) groups is 1. The van der Waals surface area contributed by atoms with Gasteiger partial charge in [-0.2, -0.15) is 0 Å². The van der Waals surface area contributed by atoms with Gasteiger partial charge in [0.1, 0.15) is 18.1 Å². The maximum absolute atomic E-state index is 13.1. The zero-order chi connectivity index (χ0) is 26.8. The Morgan fingerprint density at radius 3 is 2.58 bits per heavy atom. The first kappa shape index (κ1) is 28.5. The molecule has 15 nitrogen and oxygen atoms in total. The first-order valence-corrected chi connectivity index (χ1v) is 11.6. The van der Waals surface area contributed by atoms with Crippen molar-refractivity contribution in [1.29, 1.82) is 0 Å². The Balaban J connectivity index is 2.12. The number of nitrogens with two attached hydrogens (primary N) is 3. The molecule has 5 atom stereocenters. The second kappa shape index (κ2) is 13.4. The number of carbonyl (C=O) groups is 4. The Labute approximate surface area is 207 Å². The number of hydrogen-bond acceptors (Lipinski definition) is 8. The van der Waals surface area contributed by atoms with Gasteiger partial charge in [-0.25, -0.2) is 9.78 Å².